The molecule has 5 heteroatoms. The topological polar surface area (TPSA) is 62.7 Å². The van der Waals surface area contributed by atoms with E-state index in [1.54, 1.807) is 30.0 Å². The quantitative estimate of drug-likeness (QED) is 0.683. The van der Waals surface area contributed by atoms with Crippen molar-refractivity contribution >= 4 is 11.8 Å². The highest BCUT2D eigenvalue weighted by Gasteiger charge is 2.09. The van der Waals surface area contributed by atoms with Crippen molar-refractivity contribution in [2.24, 2.45) is 0 Å². The van der Waals surface area contributed by atoms with Crippen LogP contribution < -0.4 is 0 Å². The molecule has 0 radical (unpaired) electrons. The Bertz CT molecular complexity index is 777. The van der Waals surface area contributed by atoms with Gasteiger partial charge in [-0.1, -0.05) is 29.4 Å². The minimum atomic E-state index is 0.441. The van der Waals surface area contributed by atoms with Crippen molar-refractivity contribution in [2.75, 3.05) is 0 Å². The average molecular weight is 293 g/mol. The van der Waals surface area contributed by atoms with Crippen molar-refractivity contribution in [2.45, 2.75) is 10.6 Å². The second kappa shape index (κ2) is 6.25. The predicted molar refractivity (Wildman–Crippen MR) is 80.5 cm³/mol. The third-order valence-electron chi connectivity index (χ3n) is 2.82. The molecule has 3 rings (SSSR count). The van der Waals surface area contributed by atoms with E-state index in [2.05, 4.69) is 16.2 Å². The Balaban J connectivity index is 1.73. The fourth-order valence-electron chi connectivity index (χ4n) is 1.82. The number of nitrogens with zero attached hydrogens (tertiary/aromatic N) is 3. The fourth-order valence-corrected chi connectivity index (χ4v) is 2.58. The summed E-state index contributed by atoms with van der Waals surface area (Å²) in [5, 5.41) is 12.9. The van der Waals surface area contributed by atoms with Crippen LogP contribution in [-0.4, -0.2) is 10.1 Å². The van der Waals surface area contributed by atoms with Crippen molar-refractivity contribution in [3.8, 4) is 17.5 Å². The number of thioether (sulfide) groups is 1. The van der Waals surface area contributed by atoms with E-state index in [9.17, 15) is 0 Å². The normalized spacial score (nSPS) is 10.2. The molecule has 0 N–H and O–H groups in total. The smallest absolute Gasteiger partial charge is 0.257 e. The first kappa shape index (κ1) is 13.4. The van der Waals surface area contributed by atoms with E-state index in [4.69, 9.17) is 9.78 Å². The summed E-state index contributed by atoms with van der Waals surface area (Å²) in [5.41, 5.74) is 1.34. The highest BCUT2D eigenvalue weighted by Crippen LogP contribution is 2.23. The van der Waals surface area contributed by atoms with E-state index >= 15 is 0 Å². The molecular formula is C16H11N3OS. The zero-order valence-corrected chi connectivity index (χ0v) is 11.9. The van der Waals surface area contributed by atoms with E-state index in [0.717, 1.165) is 10.5 Å². The molecule has 0 fully saturated rings. The maximum atomic E-state index is 8.90. The maximum Gasteiger partial charge on any atom is 0.257 e. The molecule has 102 valence electrons. The van der Waals surface area contributed by atoms with Gasteiger partial charge >= 0.3 is 0 Å². The van der Waals surface area contributed by atoms with Gasteiger partial charge in [0.2, 0.25) is 0 Å². The summed E-state index contributed by atoms with van der Waals surface area (Å²) in [7, 11) is 0. The maximum absolute atomic E-state index is 8.90. The highest BCUT2D eigenvalue weighted by atomic mass is 32.2. The summed E-state index contributed by atoms with van der Waals surface area (Å²) in [4.78, 5) is 5.53. The average Bonchev–Trinajstić information content (AvgIpc) is 3.03. The lowest BCUT2D eigenvalue weighted by molar-refractivity contribution is 0.425. The van der Waals surface area contributed by atoms with Crippen LogP contribution in [0.5, 0.6) is 0 Å². The third-order valence-corrected chi connectivity index (χ3v) is 3.83. The van der Waals surface area contributed by atoms with Gasteiger partial charge in [-0.25, -0.2) is 0 Å². The molecule has 0 aliphatic heterocycles. The van der Waals surface area contributed by atoms with Gasteiger partial charge in [-0.05, 0) is 30.3 Å². The number of benzene rings is 2. The van der Waals surface area contributed by atoms with Crippen molar-refractivity contribution in [3.63, 3.8) is 0 Å². The van der Waals surface area contributed by atoms with Crippen LogP contribution in [-0.2, 0) is 5.75 Å². The number of hydrogen-bond donors (Lipinski definition) is 0. The lowest BCUT2D eigenvalue weighted by Gasteiger charge is -1.96. The van der Waals surface area contributed by atoms with E-state index in [0.29, 0.717) is 23.0 Å². The molecule has 4 nitrogen and oxygen atoms in total. The summed E-state index contributed by atoms with van der Waals surface area (Å²) in [6.45, 7) is 0. The van der Waals surface area contributed by atoms with E-state index in [1.165, 1.54) is 0 Å². The van der Waals surface area contributed by atoms with Gasteiger partial charge in [-0.3, -0.25) is 0 Å². The first-order chi connectivity index (χ1) is 10.3. The molecule has 0 saturated carbocycles. The Labute approximate surface area is 126 Å². The molecule has 1 aromatic heterocycles. The van der Waals surface area contributed by atoms with E-state index in [-0.39, 0.29) is 0 Å². The molecule has 0 amide bonds. The molecule has 0 aliphatic rings. The fraction of sp³-hybridized carbons (Fsp3) is 0.0625. The van der Waals surface area contributed by atoms with Crippen LogP contribution in [0.3, 0.4) is 0 Å². The van der Waals surface area contributed by atoms with Crippen molar-refractivity contribution < 1.29 is 4.52 Å². The van der Waals surface area contributed by atoms with Gasteiger partial charge in [0.25, 0.3) is 5.89 Å². The van der Waals surface area contributed by atoms with Gasteiger partial charge in [-0.2, -0.15) is 10.2 Å². The second-order valence-corrected chi connectivity index (χ2v) is 5.36. The molecule has 0 unspecified atom stereocenters. The van der Waals surface area contributed by atoms with Gasteiger partial charge in [0.15, 0.2) is 5.82 Å². The Morgan fingerprint density at radius 1 is 1.10 bits per heavy atom. The molecule has 2 aromatic carbocycles. The van der Waals surface area contributed by atoms with Gasteiger partial charge < -0.3 is 4.52 Å². The Kier molecular flexibility index (Phi) is 3.99. The molecule has 3 aromatic rings. The highest BCUT2D eigenvalue weighted by molar-refractivity contribution is 7.98. The first-order valence-electron chi connectivity index (χ1n) is 6.36. The van der Waals surface area contributed by atoms with E-state index < -0.39 is 0 Å². The Morgan fingerprint density at radius 3 is 2.76 bits per heavy atom. The zero-order valence-electron chi connectivity index (χ0n) is 11.1. The summed E-state index contributed by atoms with van der Waals surface area (Å²) < 4.78 is 5.25. The molecule has 1 heterocycles. The number of rotatable bonds is 4. The molecule has 0 saturated heterocycles. The minimum Gasteiger partial charge on any atom is -0.334 e. The van der Waals surface area contributed by atoms with Gasteiger partial charge in [-0.15, -0.1) is 11.8 Å². The predicted octanol–water partition coefficient (Wildman–Crippen LogP) is 3.90. The molecule has 0 aliphatic carbocycles. The second-order valence-electron chi connectivity index (χ2n) is 4.31. The first-order valence-corrected chi connectivity index (χ1v) is 7.35. The van der Waals surface area contributed by atoms with Crippen LogP contribution in [0.2, 0.25) is 0 Å². The van der Waals surface area contributed by atoms with Crippen molar-refractivity contribution in [3.05, 3.63) is 66.0 Å². The zero-order chi connectivity index (χ0) is 14.5. The van der Waals surface area contributed by atoms with Crippen LogP contribution in [0.4, 0.5) is 0 Å². The lowest BCUT2D eigenvalue weighted by atomic mass is 10.1. The minimum absolute atomic E-state index is 0.441. The molecular weight excluding hydrogens is 282 g/mol. The number of aromatic nitrogens is 2. The monoisotopic (exact) mass is 293 g/mol. The van der Waals surface area contributed by atoms with Crippen LogP contribution in [0.1, 0.15) is 11.4 Å². The summed E-state index contributed by atoms with van der Waals surface area (Å²) in [6, 6.07) is 19.3. The molecule has 21 heavy (non-hydrogen) atoms. The third kappa shape index (κ3) is 3.30. The van der Waals surface area contributed by atoms with Crippen molar-refractivity contribution in [1.29, 1.82) is 5.26 Å². The van der Waals surface area contributed by atoms with Gasteiger partial charge in [0.1, 0.15) is 0 Å². The van der Waals surface area contributed by atoms with E-state index in [1.807, 2.05) is 36.4 Å². The number of hydrogen-bond acceptors (Lipinski definition) is 5. The Morgan fingerprint density at radius 2 is 1.95 bits per heavy atom. The molecule has 0 atom stereocenters. The van der Waals surface area contributed by atoms with Crippen LogP contribution in [0, 0.1) is 11.3 Å². The summed E-state index contributed by atoms with van der Waals surface area (Å²) >= 11 is 1.65. The lowest BCUT2D eigenvalue weighted by Crippen LogP contribution is -1.84. The number of nitriles is 1. The molecule has 0 spiro atoms. The summed E-state index contributed by atoms with van der Waals surface area (Å²) in [6.07, 6.45) is 0. The molecule has 0 bridgehead atoms. The summed E-state index contributed by atoms with van der Waals surface area (Å²) in [5.74, 6) is 1.72. The SMILES string of the molecule is N#Cc1cccc(-c2nc(CSc3ccccc3)no2)c1. The van der Waals surface area contributed by atoms with Crippen LogP contribution in [0.25, 0.3) is 11.5 Å². The standard InChI is InChI=1S/C16H11N3OS/c17-10-12-5-4-6-13(9-12)16-18-15(19-20-16)11-21-14-7-2-1-3-8-14/h1-9H,11H2. The van der Waals surface area contributed by atoms with Crippen LogP contribution in [0.15, 0.2) is 64.0 Å². The van der Waals surface area contributed by atoms with Crippen LogP contribution >= 0.6 is 11.8 Å². The van der Waals surface area contributed by atoms with Gasteiger partial charge in [0, 0.05) is 10.5 Å². The Hall–Kier alpha value is -2.58. The van der Waals surface area contributed by atoms with Gasteiger partial charge in [0.05, 0.1) is 17.4 Å². The van der Waals surface area contributed by atoms with Crippen molar-refractivity contribution in [1.82, 2.24) is 10.1 Å². The largest absolute Gasteiger partial charge is 0.334 e.